The first-order valence-corrected chi connectivity index (χ1v) is 7.12. The van der Waals surface area contributed by atoms with E-state index in [1.165, 1.54) is 61.8 Å². The number of hydrogen-bond acceptors (Lipinski definition) is 1. The van der Waals surface area contributed by atoms with E-state index in [-0.39, 0.29) is 5.56 Å². The van der Waals surface area contributed by atoms with E-state index < -0.39 is 0 Å². The Bertz CT molecular complexity index is 473. The Morgan fingerprint density at radius 2 is 1.24 bits per heavy atom. The minimum atomic E-state index is 0.211. The molecule has 2 aliphatic rings. The van der Waals surface area contributed by atoms with Crippen molar-refractivity contribution in [3.63, 3.8) is 0 Å². The van der Waals surface area contributed by atoms with E-state index in [2.05, 4.69) is 4.98 Å². The van der Waals surface area contributed by atoms with Crippen LogP contribution in [-0.2, 0) is 25.7 Å². The summed E-state index contributed by atoms with van der Waals surface area (Å²) in [5.74, 6) is 0. The molecule has 1 aromatic heterocycles. The molecule has 17 heavy (non-hydrogen) atoms. The molecule has 3 rings (SSSR count). The summed E-state index contributed by atoms with van der Waals surface area (Å²) in [6, 6.07) is 0. The molecule has 92 valence electrons. The topological polar surface area (TPSA) is 32.9 Å². The monoisotopic (exact) mass is 231 g/mol. The van der Waals surface area contributed by atoms with Crippen LogP contribution in [0.2, 0.25) is 0 Å². The van der Waals surface area contributed by atoms with Crippen LogP contribution in [0, 0.1) is 0 Å². The number of aromatic amines is 1. The highest BCUT2D eigenvalue weighted by molar-refractivity contribution is 5.38. The van der Waals surface area contributed by atoms with Crippen molar-refractivity contribution in [3.05, 3.63) is 32.7 Å². The molecule has 0 unspecified atom stereocenters. The Morgan fingerprint density at radius 1 is 0.647 bits per heavy atom. The molecule has 1 N–H and O–H groups in total. The van der Waals surface area contributed by atoms with Gasteiger partial charge in [0.25, 0.3) is 5.56 Å². The molecule has 0 saturated carbocycles. The molecular weight excluding hydrogens is 210 g/mol. The molecule has 0 fully saturated rings. The first-order valence-electron chi connectivity index (χ1n) is 7.12. The van der Waals surface area contributed by atoms with Crippen LogP contribution in [0.3, 0.4) is 0 Å². The summed E-state index contributed by atoms with van der Waals surface area (Å²) < 4.78 is 0. The second-order valence-electron chi connectivity index (χ2n) is 5.49. The predicted octanol–water partition coefficient (Wildman–Crippen LogP) is 2.91. The van der Waals surface area contributed by atoms with Crippen molar-refractivity contribution in [1.82, 2.24) is 4.98 Å². The maximum absolute atomic E-state index is 12.1. The van der Waals surface area contributed by atoms with Crippen LogP contribution in [0.25, 0.3) is 0 Å². The predicted molar refractivity (Wildman–Crippen MR) is 69.6 cm³/mol. The fourth-order valence-corrected chi connectivity index (χ4v) is 3.43. The number of fused-ring (bicyclic) bond motifs is 3. The lowest BCUT2D eigenvalue weighted by Crippen LogP contribution is -2.20. The van der Waals surface area contributed by atoms with Crippen LogP contribution < -0.4 is 5.56 Å². The van der Waals surface area contributed by atoms with Gasteiger partial charge in [-0.15, -0.1) is 0 Å². The van der Waals surface area contributed by atoms with Gasteiger partial charge in [-0.3, -0.25) is 4.79 Å². The fraction of sp³-hybridized carbons (Fsp3) is 0.667. The average Bonchev–Trinajstić information content (AvgIpc) is 2.68. The first kappa shape index (κ1) is 11.1. The highest BCUT2D eigenvalue weighted by atomic mass is 16.1. The number of nitrogens with one attached hydrogen (secondary N) is 1. The molecular formula is C15H21NO. The maximum atomic E-state index is 12.1. The Kier molecular flexibility index (Phi) is 3.04. The lowest BCUT2D eigenvalue weighted by atomic mass is 9.94. The molecule has 0 atom stereocenters. The van der Waals surface area contributed by atoms with Crippen LogP contribution in [0.5, 0.6) is 0 Å². The van der Waals surface area contributed by atoms with Crippen molar-refractivity contribution in [3.8, 4) is 0 Å². The van der Waals surface area contributed by atoms with Gasteiger partial charge in [0.1, 0.15) is 0 Å². The second-order valence-corrected chi connectivity index (χ2v) is 5.49. The molecule has 0 spiro atoms. The summed E-state index contributed by atoms with van der Waals surface area (Å²) >= 11 is 0. The third-order valence-electron chi connectivity index (χ3n) is 4.34. The number of rotatable bonds is 0. The fourth-order valence-electron chi connectivity index (χ4n) is 3.43. The van der Waals surface area contributed by atoms with Crippen molar-refractivity contribution >= 4 is 0 Å². The van der Waals surface area contributed by atoms with E-state index >= 15 is 0 Å². The van der Waals surface area contributed by atoms with Crippen LogP contribution >= 0.6 is 0 Å². The van der Waals surface area contributed by atoms with Crippen molar-refractivity contribution < 1.29 is 0 Å². The van der Waals surface area contributed by atoms with Gasteiger partial charge in [-0.1, -0.05) is 12.8 Å². The molecule has 0 bridgehead atoms. The summed E-state index contributed by atoms with van der Waals surface area (Å²) in [5, 5.41) is 0. The van der Waals surface area contributed by atoms with Crippen molar-refractivity contribution in [2.24, 2.45) is 0 Å². The highest BCUT2D eigenvalue weighted by Crippen LogP contribution is 2.27. The van der Waals surface area contributed by atoms with E-state index in [0.717, 1.165) is 24.8 Å². The van der Waals surface area contributed by atoms with E-state index in [1.807, 2.05) is 0 Å². The number of aromatic nitrogens is 1. The normalized spacial score (nSPS) is 20.0. The number of H-pyrrole nitrogens is 1. The zero-order chi connectivity index (χ0) is 11.7. The van der Waals surface area contributed by atoms with Gasteiger partial charge in [0.05, 0.1) is 0 Å². The van der Waals surface area contributed by atoms with Crippen LogP contribution in [-0.4, -0.2) is 4.98 Å². The average molecular weight is 231 g/mol. The standard InChI is InChI=1S/C15H21NO/c17-15-13-9-5-1-3-7-11(13)12-8-4-2-6-10-14(12)16-15/h1-10H2,(H,16,17). The van der Waals surface area contributed by atoms with Gasteiger partial charge >= 0.3 is 0 Å². The Balaban J connectivity index is 2.15. The third-order valence-corrected chi connectivity index (χ3v) is 4.34. The van der Waals surface area contributed by atoms with E-state index in [1.54, 1.807) is 0 Å². The van der Waals surface area contributed by atoms with Gasteiger partial charge in [0.15, 0.2) is 0 Å². The molecule has 2 nitrogen and oxygen atoms in total. The quantitative estimate of drug-likeness (QED) is 0.684. The van der Waals surface area contributed by atoms with Crippen LogP contribution in [0.15, 0.2) is 4.79 Å². The largest absolute Gasteiger partial charge is 0.326 e. The lowest BCUT2D eigenvalue weighted by Gasteiger charge is -2.14. The molecule has 0 aromatic carbocycles. The summed E-state index contributed by atoms with van der Waals surface area (Å²) in [4.78, 5) is 15.3. The number of hydrogen-bond donors (Lipinski definition) is 1. The van der Waals surface area contributed by atoms with Gasteiger partial charge < -0.3 is 4.98 Å². The van der Waals surface area contributed by atoms with Gasteiger partial charge in [-0.05, 0) is 62.5 Å². The van der Waals surface area contributed by atoms with Crippen LogP contribution in [0.1, 0.15) is 60.9 Å². The van der Waals surface area contributed by atoms with Crippen molar-refractivity contribution in [2.45, 2.75) is 64.2 Å². The Morgan fingerprint density at radius 3 is 2.00 bits per heavy atom. The van der Waals surface area contributed by atoms with E-state index in [4.69, 9.17) is 0 Å². The maximum Gasteiger partial charge on any atom is 0.251 e. The lowest BCUT2D eigenvalue weighted by molar-refractivity contribution is 0.700. The van der Waals surface area contributed by atoms with Gasteiger partial charge in [0, 0.05) is 11.3 Å². The summed E-state index contributed by atoms with van der Waals surface area (Å²) in [6.07, 6.45) is 12.0. The molecule has 0 amide bonds. The molecule has 0 saturated heterocycles. The summed E-state index contributed by atoms with van der Waals surface area (Å²) in [6.45, 7) is 0. The molecule has 1 heterocycles. The molecule has 0 aliphatic heterocycles. The Hall–Kier alpha value is -1.05. The third kappa shape index (κ3) is 2.05. The molecule has 2 aliphatic carbocycles. The zero-order valence-electron chi connectivity index (χ0n) is 10.5. The van der Waals surface area contributed by atoms with Gasteiger partial charge in [-0.2, -0.15) is 0 Å². The SMILES string of the molecule is O=c1[nH]c2c(c3c1CCCCC3)CCCCC2. The number of pyridine rings is 1. The summed E-state index contributed by atoms with van der Waals surface area (Å²) in [5.41, 5.74) is 5.53. The molecule has 0 radical (unpaired) electrons. The van der Waals surface area contributed by atoms with Gasteiger partial charge in [-0.25, -0.2) is 0 Å². The van der Waals surface area contributed by atoms with E-state index in [0.29, 0.717) is 0 Å². The molecule has 1 aromatic rings. The minimum Gasteiger partial charge on any atom is -0.326 e. The smallest absolute Gasteiger partial charge is 0.251 e. The van der Waals surface area contributed by atoms with Gasteiger partial charge in [0.2, 0.25) is 0 Å². The van der Waals surface area contributed by atoms with Crippen molar-refractivity contribution in [2.75, 3.05) is 0 Å². The first-order chi connectivity index (χ1) is 8.36. The van der Waals surface area contributed by atoms with E-state index in [9.17, 15) is 4.79 Å². The minimum absolute atomic E-state index is 0.211. The van der Waals surface area contributed by atoms with Crippen molar-refractivity contribution in [1.29, 1.82) is 0 Å². The molecule has 2 heteroatoms. The summed E-state index contributed by atoms with van der Waals surface area (Å²) in [7, 11) is 0. The van der Waals surface area contributed by atoms with Crippen LogP contribution in [0.4, 0.5) is 0 Å². The Labute approximate surface area is 102 Å². The number of aryl methyl sites for hydroxylation is 1. The second kappa shape index (κ2) is 4.67. The highest BCUT2D eigenvalue weighted by Gasteiger charge is 2.19. The zero-order valence-corrected chi connectivity index (χ0v) is 10.5.